The molecule has 0 bridgehead atoms. The maximum absolute atomic E-state index is 2.33. The Balaban J connectivity index is 1.78. The van der Waals surface area contributed by atoms with Gasteiger partial charge in [0, 0.05) is 0 Å². The Hall–Kier alpha value is -5.46. The van der Waals surface area contributed by atoms with Crippen LogP contribution in [0.1, 0.15) is 26.3 Å². The van der Waals surface area contributed by atoms with Gasteiger partial charge in [0.1, 0.15) is 0 Å². The molecule has 0 aliphatic rings. The molecule has 0 heteroatoms. The second-order valence-corrected chi connectivity index (χ2v) is 12.9. The van der Waals surface area contributed by atoms with Gasteiger partial charge in [0.05, 0.1) is 0 Å². The van der Waals surface area contributed by atoms with Crippen molar-refractivity contribution in [2.75, 3.05) is 0 Å². The van der Waals surface area contributed by atoms with E-state index in [1.54, 1.807) is 0 Å². The molecule has 0 atom stereocenters. The second kappa shape index (κ2) is 12.5. The molecule has 46 heavy (non-hydrogen) atoms. The van der Waals surface area contributed by atoms with E-state index in [4.69, 9.17) is 0 Å². The fourth-order valence-corrected chi connectivity index (χ4v) is 6.64. The molecule has 0 aliphatic carbocycles. The van der Waals surface area contributed by atoms with Crippen LogP contribution in [0.5, 0.6) is 0 Å². The summed E-state index contributed by atoms with van der Waals surface area (Å²) < 4.78 is 0. The van der Waals surface area contributed by atoms with E-state index in [1.165, 1.54) is 72.3 Å². The summed E-state index contributed by atoms with van der Waals surface area (Å²) in [4.78, 5) is 0. The van der Waals surface area contributed by atoms with Gasteiger partial charge in [-0.3, -0.25) is 0 Å². The van der Waals surface area contributed by atoms with Gasteiger partial charge in [-0.05, 0) is 77.7 Å². The van der Waals surface area contributed by atoms with Crippen molar-refractivity contribution in [1.29, 1.82) is 0 Å². The number of hydrogen-bond donors (Lipinski definition) is 0. The first-order chi connectivity index (χ1) is 22.5. The number of benzene rings is 7. The van der Waals surface area contributed by atoms with Gasteiger partial charge in [0.15, 0.2) is 0 Å². The minimum atomic E-state index is 0.0601. The molecule has 0 spiro atoms. The first-order valence-electron chi connectivity index (χ1n) is 16.1. The van der Waals surface area contributed by atoms with E-state index in [9.17, 15) is 0 Å². The van der Waals surface area contributed by atoms with Crippen LogP contribution < -0.4 is 0 Å². The highest BCUT2D eigenvalue weighted by Crippen LogP contribution is 2.55. The zero-order valence-electron chi connectivity index (χ0n) is 26.7. The summed E-state index contributed by atoms with van der Waals surface area (Å²) in [7, 11) is 0. The number of rotatable bonds is 6. The van der Waals surface area contributed by atoms with Gasteiger partial charge >= 0.3 is 0 Å². The monoisotopic (exact) mass is 590 g/mol. The van der Waals surface area contributed by atoms with Crippen molar-refractivity contribution in [2.24, 2.45) is 0 Å². The van der Waals surface area contributed by atoms with Crippen LogP contribution in [0.25, 0.3) is 66.8 Å². The first-order valence-corrected chi connectivity index (χ1v) is 16.1. The summed E-state index contributed by atoms with van der Waals surface area (Å²) in [6.07, 6.45) is 0. The van der Waals surface area contributed by atoms with Crippen LogP contribution in [-0.4, -0.2) is 0 Å². The van der Waals surface area contributed by atoms with Crippen LogP contribution in [0.4, 0.5) is 0 Å². The first kappa shape index (κ1) is 29.3. The van der Waals surface area contributed by atoms with Crippen LogP contribution in [0.2, 0.25) is 0 Å². The van der Waals surface area contributed by atoms with E-state index in [-0.39, 0.29) is 5.41 Å². The van der Waals surface area contributed by atoms with Crippen molar-refractivity contribution in [3.63, 3.8) is 0 Å². The van der Waals surface area contributed by atoms with E-state index in [0.29, 0.717) is 0 Å². The Kier molecular flexibility index (Phi) is 7.95. The average molecular weight is 591 g/mol. The van der Waals surface area contributed by atoms with E-state index in [1.807, 2.05) is 0 Å². The van der Waals surface area contributed by atoms with Crippen LogP contribution in [-0.2, 0) is 5.41 Å². The highest BCUT2D eigenvalue weighted by molar-refractivity contribution is 6.15. The normalized spacial score (nSPS) is 11.4. The van der Waals surface area contributed by atoms with E-state index in [2.05, 4.69) is 197 Å². The molecule has 0 aromatic heterocycles. The summed E-state index contributed by atoms with van der Waals surface area (Å²) in [5.74, 6) is 0. The number of hydrogen-bond acceptors (Lipinski definition) is 0. The van der Waals surface area contributed by atoms with Crippen molar-refractivity contribution in [1.82, 2.24) is 0 Å². The predicted molar refractivity (Wildman–Crippen MR) is 198 cm³/mol. The molecule has 222 valence electrons. The summed E-state index contributed by atoms with van der Waals surface area (Å²) >= 11 is 0. The van der Waals surface area contributed by atoms with Crippen molar-refractivity contribution in [2.45, 2.75) is 26.2 Å². The van der Waals surface area contributed by atoms with Crippen LogP contribution >= 0.6 is 0 Å². The lowest BCUT2D eigenvalue weighted by Crippen LogP contribution is -2.10. The molecule has 0 fully saturated rings. The summed E-state index contributed by atoms with van der Waals surface area (Å²) in [5.41, 5.74) is 16.0. The van der Waals surface area contributed by atoms with Crippen molar-refractivity contribution in [3.8, 4) is 66.8 Å². The molecule has 0 amide bonds. The predicted octanol–water partition coefficient (Wildman–Crippen LogP) is 13.0. The molecule has 0 heterocycles. The molecule has 0 saturated heterocycles. The molecule has 0 N–H and O–H groups in total. The molecule has 0 aliphatic heterocycles. The third-order valence-electron chi connectivity index (χ3n) is 8.85. The third-order valence-corrected chi connectivity index (χ3v) is 8.85. The molecule has 0 unspecified atom stereocenters. The van der Waals surface area contributed by atoms with E-state index >= 15 is 0 Å². The van der Waals surface area contributed by atoms with E-state index < -0.39 is 0 Å². The Morgan fingerprint density at radius 3 is 0.630 bits per heavy atom. The lowest BCUT2D eigenvalue weighted by molar-refractivity contribution is 0.590. The SMILES string of the molecule is CC(C)(C)c1ccc(-c2c(-c3ccccc3)c(-c3ccccc3)c(-c3ccccc3)c(-c3ccccc3)c2-c2ccccc2)cc1. The Bertz CT molecular complexity index is 1950. The Morgan fingerprint density at radius 2 is 0.435 bits per heavy atom. The summed E-state index contributed by atoms with van der Waals surface area (Å²) in [6, 6.07) is 64.0. The Morgan fingerprint density at radius 1 is 0.239 bits per heavy atom. The highest BCUT2D eigenvalue weighted by atomic mass is 14.3. The van der Waals surface area contributed by atoms with Gasteiger partial charge in [-0.25, -0.2) is 0 Å². The average Bonchev–Trinajstić information content (AvgIpc) is 3.12. The minimum Gasteiger partial charge on any atom is -0.0622 e. The van der Waals surface area contributed by atoms with Gasteiger partial charge in [-0.15, -0.1) is 0 Å². The highest BCUT2D eigenvalue weighted by Gasteiger charge is 2.29. The maximum Gasteiger partial charge on any atom is -0.00139 e. The van der Waals surface area contributed by atoms with Gasteiger partial charge in [0.2, 0.25) is 0 Å². The third kappa shape index (κ3) is 5.59. The smallest absolute Gasteiger partial charge is 0.00139 e. The largest absolute Gasteiger partial charge is 0.0622 e. The molecule has 0 radical (unpaired) electrons. The van der Waals surface area contributed by atoms with Gasteiger partial charge < -0.3 is 0 Å². The van der Waals surface area contributed by atoms with Crippen molar-refractivity contribution < 1.29 is 0 Å². The van der Waals surface area contributed by atoms with E-state index in [0.717, 1.165) is 0 Å². The second-order valence-electron chi connectivity index (χ2n) is 12.9. The zero-order valence-corrected chi connectivity index (χ0v) is 26.7. The molecule has 0 saturated carbocycles. The van der Waals surface area contributed by atoms with Crippen LogP contribution in [0, 0.1) is 0 Å². The molecule has 7 aromatic carbocycles. The van der Waals surface area contributed by atoms with Crippen LogP contribution in [0.15, 0.2) is 176 Å². The fourth-order valence-electron chi connectivity index (χ4n) is 6.64. The summed E-state index contributed by atoms with van der Waals surface area (Å²) in [6.45, 7) is 6.84. The van der Waals surface area contributed by atoms with Gasteiger partial charge in [0.25, 0.3) is 0 Å². The lowest BCUT2D eigenvalue weighted by atomic mass is 9.74. The van der Waals surface area contributed by atoms with Gasteiger partial charge in [-0.2, -0.15) is 0 Å². The molecule has 7 rings (SSSR count). The maximum atomic E-state index is 2.33. The molecule has 0 nitrogen and oxygen atoms in total. The zero-order chi connectivity index (χ0) is 31.5. The van der Waals surface area contributed by atoms with Crippen LogP contribution in [0.3, 0.4) is 0 Å². The van der Waals surface area contributed by atoms with Gasteiger partial charge in [-0.1, -0.05) is 197 Å². The topological polar surface area (TPSA) is 0 Å². The summed E-state index contributed by atoms with van der Waals surface area (Å²) in [5, 5.41) is 0. The van der Waals surface area contributed by atoms with Crippen molar-refractivity contribution >= 4 is 0 Å². The molecular weight excluding hydrogens is 553 g/mol. The standard InChI is InChI=1S/C46H38/c1-46(2,3)39-31-29-38(30-32-39)45-43(36-25-15-7-16-26-36)41(34-21-11-5-12-22-34)40(33-19-9-4-10-20-33)42(35-23-13-6-14-24-35)44(45)37-27-17-8-18-28-37/h4-32H,1-3H3. The lowest BCUT2D eigenvalue weighted by Gasteiger charge is -2.29. The fraction of sp³-hybridized carbons (Fsp3) is 0.0870. The van der Waals surface area contributed by atoms with Crippen molar-refractivity contribution in [3.05, 3.63) is 181 Å². The molecular formula is C46H38. The Labute approximate surface area is 273 Å². The quantitative estimate of drug-likeness (QED) is 0.181. The molecule has 7 aromatic rings. The minimum absolute atomic E-state index is 0.0601.